The van der Waals surface area contributed by atoms with Gasteiger partial charge < -0.3 is 24.8 Å². The molecule has 0 saturated carbocycles. The van der Waals surface area contributed by atoms with Crippen LogP contribution in [0.1, 0.15) is 17.3 Å². The first kappa shape index (κ1) is 14.3. The van der Waals surface area contributed by atoms with E-state index in [0.717, 1.165) is 0 Å². The van der Waals surface area contributed by atoms with Crippen molar-refractivity contribution in [3.63, 3.8) is 0 Å². The van der Waals surface area contributed by atoms with Crippen molar-refractivity contribution in [2.75, 3.05) is 14.2 Å². The van der Waals surface area contributed by atoms with E-state index in [2.05, 4.69) is 5.32 Å². The van der Waals surface area contributed by atoms with Gasteiger partial charge in [-0.1, -0.05) is 6.07 Å². The molecule has 0 aliphatic heterocycles. The molecule has 6 nitrogen and oxygen atoms in total. The summed E-state index contributed by atoms with van der Waals surface area (Å²) in [6.07, 6.45) is 0. The Morgan fingerprint density at radius 2 is 1.78 bits per heavy atom. The maximum Gasteiger partial charge on any atom is 0.475 e. The van der Waals surface area contributed by atoms with Crippen molar-refractivity contribution in [3.05, 3.63) is 23.8 Å². The molecule has 98 valence electrons. The largest absolute Gasteiger partial charge is 0.496 e. The summed E-state index contributed by atoms with van der Waals surface area (Å²) in [4.78, 5) is 12.0. The second-order valence-corrected chi connectivity index (χ2v) is 3.71. The van der Waals surface area contributed by atoms with Crippen LogP contribution in [-0.4, -0.2) is 43.2 Å². The van der Waals surface area contributed by atoms with Crippen molar-refractivity contribution in [2.24, 2.45) is 0 Å². The molecular weight excluding hydrogens is 237 g/mol. The average Bonchev–Trinajstić information content (AvgIpc) is 2.37. The number of amides is 1. The smallest absolute Gasteiger partial charge is 0.475 e. The fourth-order valence-corrected chi connectivity index (χ4v) is 1.43. The zero-order valence-corrected chi connectivity index (χ0v) is 10.5. The van der Waals surface area contributed by atoms with Gasteiger partial charge in [0.25, 0.3) is 5.91 Å². The zero-order valence-electron chi connectivity index (χ0n) is 10.5. The Labute approximate surface area is 106 Å². The first-order valence-corrected chi connectivity index (χ1v) is 5.39. The minimum atomic E-state index is -1.63. The standard InChI is InChI=1S/C11H16BNO5/c1-7(12(15)16)13-11(14)10-8(17-2)5-4-6-9(10)18-3/h4-7,15-16H,1-3H3,(H,13,14)/t7-/m1/s1. The Balaban J connectivity index is 3.03. The van der Waals surface area contributed by atoms with E-state index in [1.807, 2.05) is 0 Å². The minimum absolute atomic E-state index is 0.218. The molecule has 1 aromatic carbocycles. The van der Waals surface area contributed by atoms with E-state index in [0.29, 0.717) is 11.5 Å². The lowest BCUT2D eigenvalue weighted by Crippen LogP contribution is -2.44. The summed E-state index contributed by atoms with van der Waals surface area (Å²) in [5, 5.41) is 20.3. The van der Waals surface area contributed by atoms with Crippen LogP contribution in [0.4, 0.5) is 0 Å². The lowest BCUT2D eigenvalue weighted by atomic mass is 9.81. The molecule has 0 aliphatic rings. The Hall–Kier alpha value is -1.73. The number of carbonyl (C=O) groups excluding carboxylic acids is 1. The van der Waals surface area contributed by atoms with Crippen molar-refractivity contribution in [1.29, 1.82) is 0 Å². The highest BCUT2D eigenvalue weighted by Gasteiger charge is 2.24. The summed E-state index contributed by atoms with van der Waals surface area (Å²) in [5.41, 5.74) is 0.218. The van der Waals surface area contributed by atoms with Gasteiger partial charge in [-0.15, -0.1) is 0 Å². The Morgan fingerprint density at radius 3 is 2.17 bits per heavy atom. The third-order valence-electron chi connectivity index (χ3n) is 2.46. The molecule has 0 saturated heterocycles. The molecule has 0 aromatic heterocycles. The van der Waals surface area contributed by atoms with Gasteiger partial charge >= 0.3 is 7.12 Å². The van der Waals surface area contributed by atoms with E-state index in [9.17, 15) is 4.79 Å². The molecule has 1 rings (SSSR count). The summed E-state index contributed by atoms with van der Waals surface area (Å²) < 4.78 is 10.2. The van der Waals surface area contributed by atoms with Crippen LogP contribution in [0.3, 0.4) is 0 Å². The molecule has 0 bridgehead atoms. The van der Waals surface area contributed by atoms with E-state index < -0.39 is 19.0 Å². The summed E-state index contributed by atoms with van der Waals surface area (Å²) in [7, 11) is 1.25. The first-order valence-electron chi connectivity index (χ1n) is 5.39. The fraction of sp³-hybridized carbons (Fsp3) is 0.364. The van der Waals surface area contributed by atoms with E-state index in [1.54, 1.807) is 18.2 Å². The van der Waals surface area contributed by atoms with Gasteiger partial charge in [-0.2, -0.15) is 0 Å². The van der Waals surface area contributed by atoms with Crippen LogP contribution in [0.25, 0.3) is 0 Å². The molecule has 0 radical (unpaired) electrons. The molecule has 0 heterocycles. The number of hydrogen-bond acceptors (Lipinski definition) is 5. The summed E-state index contributed by atoms with van der Waals surface area (Å²) >= 11 is 0. The third-order valence-corrected chi connectivity index (χ3v) is 2.46. The molecule has 1 aromatic rings. The van der Waals surface area contributed by atoms with Gasteiger partial charge in [-0.05, 0) is 19.1 Å². The lowest BCUT2D eigenvalue weighted by molar-refractivity contribution is 0.0938. The maximum atomic E-state index is 12.0. The van der Waals surface area contributed by atoms with Gasteiger partial charge in [0.1, 0.15) is 17.1 Å². The molecule has 7 heteroatoms. The minimum Gasteiger partial charge on any atom is -0.496 e. The lowest BCUT2D eigenvalue weighted by Gasteiger charge is -2.16. The predicted molar refractivity (Wildman–Crippen MR) is 66.7 cm³/mol. The molecule has 18 heavy (non-hydrogen) atoms. The van der Waals surface area contributed by atoms with Gasteiger partial charge in [0.05, 0.1) is 20.2 Å². The number of ether oxygens (including phenoxy) is 2. The molecule has 3 N–H and O–H groups in total. The second kappa shape index (κ2) is 6.27. The quantitative estimate of drug-likeness (QED) is 0.634. The number of methoxy groups -OCH3 is 2. The van der Waals surface area contributed by atoms with Crippen LogP contribution in [0.2, 0.25) is 0 Å². The highest BCUT2D eigenvalue weighted by atomic mass is 16.5. The van der Waals surface area contributed by atoms with Crippen LogP contribution < -0.4 is 14.8 Å². The van der Waals surface area contributed by atoms with Gasteiger partial charge in [-0.3, -0.25) is 4.79 Å². The van der Waals surface area contributed by atoms with Crippen molar-refractivity contribution in [2.45, 2.75) is 12.9 Å². The zero-order chi connectivity index (χ0) is 13.7. The van der Waals surface area contributed by atoms with Crippen molar-refractivity contribution >= 4 is 13.0 Å². The predicted octanol–water partition coefficient (Wildman–Crippen LogP) is -0.166. The third kappa shape index (κ3) is 3.15. The first-order chi connectivity index (χ1) is 8.51. The van der Waals surface area contributed by atoms with Crippen LogP contribution in [-0.2, 0) is 0 Å². The topological polar surface area (TPSA) is 88.0 Å². The van der Waals surface area contributed by atoms with Crippen LogP contribution in [0.5, 0.6) is 11.5 Å². The molecule has 0 unspecified atom stereocenters. The Morgan fingerprint density at radius 1 is 1.28 bits per heavy atom. The average molecular weight is 253 g/mol. The number of hydrogen-bond donors (Lipinski definition) is 3. The molecule has 0 aliphatic carbocycles. The van der Waals surface area contributed by atoms with Gasteiger partial charge in [-0.25, -0.2) is 0 Å². The molecule has 1 atom stereocenters. The molecule has 0 fully saturated rings. The van der Waals surface area contributed by atoms with Crippen LogP contribution >= 0.6 is 0 Å². The fourth-order valence-electron chi connectivity index (χ4n) is 1.43. The van der Waals surface area contributed by atoms with Crippen molar-refractivity contribution < 1.29 is 24.3 Å². The SMILES string of the molecule is COc1cccc(OC)c1C(=O)N[C@H](C)B(O)O. The number of nitrogens with one attached hydrogen (secondary N) is 1. The van der Waals surface area contributed by atoms with E-state index in [1.165, 1.54) is 21.1 Å². The number of benzene rings is 1. The van der Waals surface area contributed by atoms with Crippen molar-refractivity contribution in [3.8, 4) is 11.5 Å². The van der Waals surface area contributed by atoms with Gasteiger partial charge in [0.2, 0.25) is 0 Å². The summed E-state index contributed by atoms with van der Waals surface area (Å²) in [5.74, 6) is -0.588. The maximum absolute atomic E-state index is 12.0. The summed E-state index contributed by atoms with van der Waals surface area (Å²) in [6.45, 7) is 1.48. The normalized spacial score (nSPS) is 11.6. The Bertz CT molecular complexity index is 402. The number of carbonyl (C=O) groups is 1. The van der Waals surface area contributed by atoms with Crippen molar-refractivity contribution in [1.82, 2.24) is 5.32 Å². The second-order valence-electron chi connectivity index (χ2n) is 3.71. The van der Waals surface area contributed by atoms with Gasteiger partial charge in [0.15, 0.2) is 0 Å². The number of rotatable bonds is 5. The highest BCUT2D eigenvalue weighted by Crippen LogP contribution is 2.27. The Kier molecular flexibility index (Phi) is 5.00. The van der Waals surface area contributed by atoms with Crippen LogP contribution in [0, 0.1) is 0 Å². The summed E-state index contributed by atoms with van der Waals surface area (Å²) in [6, 6.07) is 4.94. The van der Waals surface area contributed by atoms with Crippen LogP contribution in [0.15, 0.2) is 18.2 Å². The van der Waals surface area contributed by atoms with E-state index in [-0.39, 0.29) is 5.56 Å². The monoisotopic (exact) mass is 253 g/mol. The van der Waals surface area contributed by atoms with E-state index in [4.69, 9.17) is 19.5 Å². The molecule has 0 spiro atoms. The molecular formula is C11H16BNO5. The van der Waals surface area contributed by atoms with E-state index >= 15 is 0 Å². The molecule has 1 amide bonds. The van der Waals surface area contributed by atoms with Gasteiger partial charge in [0, 0.05) is 0 Å². The highest BCUT2D eigenvalue weighted by molar-refractivity contribution is 6.43.